The molecule has 1 saturated heterocycles. The Kier molecular flexibility index (Phi) is 5.68. The van der Waals surface area contributed by atoms with E-state index in [0.29, 0.717) is 18.1 Å². The van der Waals surface area contributed by atoms with Crippen LogP contribution >= 0.6 is 11.6 Å². The summed E-state index contributed by atoms with van der Waals surface area (Å²) in [7, 11) is 0. The Balaban J connectivity index is 2.22. The molecule has 1 atom stereocenters. The highest BCUT2D eigenvalue weighted by Crippen LogP contribution is 2.12. The highest BCUT2D eigenvalue weighted by Gasteiger charge is 2.19. The number of hydrogen-bond donors (Lipinski definition) is 2. The number of nitrogens with one attached hydrogen (secondary N) is 1. The average Bonchev–Trinajstić information content (AvgIpc) is 2.72. The van der Waals surface area contributed by atoms with Crippen LogP contribution in [-0.4, -0.2) is 48.2 Å². The molecule has 4 nitrogen and oxygen atoms in total. The van der Waals surface area contributed by atoms with Crippen molar-refractivity contribution in [3.05, 3.63) is 23.3 Å². The summed E-state index contributed by atoms with van der Waals surface area (Å²) in [5.74, 6) is -0.243. The normalized spacial score (nSPS) is 21.6. The molecule has 0 spiro atoms. The topological polar surface area (TPSA) is 52.6 Å². The fourth-order valence-electron chi connectivity index (χ4n) is 1.73. The Labute approximate surface area is 107 Å². The van der Waals surface area contributed by atoms with E-state index in [9.17, 15) is 9.90 Å². The summed E-state index contributed by atoms with van der Waals surface area (Å²) in [6.07, 6.45) is 2.23. The minimum Gasteiger partial charge on any atom is -0.392 e. The lowest BCUT2D eigenvalue weighted by atomic mass is 10.2. The van der Waals surface area contributed by atoms with E-state index in [1.807, 2.05) is 0 Å². The lowest BCUT2D eigenvalue weighted by Gasteiger charge is -2.15. The predicted octanol–water partition coefficient (Wildman–Crippen LogP) is 0.868. The standard InChI is InChI=1S/C12H19ClN2O2/c1-3-11(13)9(2)12(17)14-5-7-15-6-4-10(16)8-15/h3,10,16H,2,4-8H2,1H3,(H,14,17). The second-order valence-corrected chi connectivity index (χ2v) is 4.52. The van der Waals surface area contributed by atoms with Crippen molar-refractivity contribution in [1.82, 2.24) is 10.2 Å². The number of rotatable bonds is 5. The number of halogens is 1. The van der Waals surface area contributed by atoms with Crippen LogP contribution in [0.5, 0.6) is 0 Å². The Hall–Kier alpha value is -0.840. The molecule has 0 aliphatic carbocycles. The molecule has 1 amide bonds. The average molecular weight is 259 g/mol. The first-order chi connectivity index (χ1) is 8.04. The predicted molar refractivity (Wildman–Crippen MR) is 68.8 cm³/mol. The molecule has 1 fully saturated rings. The maximum atomic E-state index is 11.6. The molecule has 2 N–H and O–H groups in total. The van der Waals surface area contributed by atoms with Crippen molar-refractivity contribution in [3.63, 3.8) is 0 Å². The summed E-state index contributed by atoms with van der Waals surface area (Å²) < 4.78 is 0. The molecule has 5 heteroatoms. The molecule has 0 bridgehead atoms. The van der Waals surface area contributed by atoms with E-state index < -0.39 is 0 Å². The van der Waals surface area contributed by atoms with Crippen LogP contribution in [0.1, 0.15) is 13.3 Å². The van der Waals surface area contributed by atoms with Crippen LogP contribution in [0.4, 0.5) is 0 Å². The Morgan fingerprint density at radius 1 is 1.71 bits per heavy atom. The molecule has 96 valence electrons. The highest BCUT2D eigenvalue weighted by atomic mass is 35.5. The molecular formula is C12H19ClN2O2. The molecular weight excluding hydrogens is 240 g/mol. The molecule has 1 aliphatic rings. The summed E-state index contributed by atoms with van der Waals surface area (Å²) in [5, 5.41) is 12.5. The van der Waals surface area contributed by atoms with E-state index in [1.54, 1.807) is 13.0 Å². The van der Waals surface area contributed by atoms with E-state index in [0.717, 1.165) is 19.5 Å². The minimum absolute atomic E-state index is 0.224. The van der Waals surface area contributed by atoms with E-state index in [4.69, 9.17) is 11.6 Å². The van der Waals surface area contributed by atoms with E-state index in [2.05, 4.69) is 16.8 Å². The minimum atomic E-state index is -0.243. The molecule has 0 aromatic rings. The van der Waals surface area contributed by atoms with Crippen LogP contribution in [0.2, 0.25) is 0 Å². The molecule has 1 aliphatic heterocycles. The number of aliphatic hydroxyl groups excluding tert-OH is 1. The van der Waals surface area contributed by atoms with Gasteiger partial charge in [0.15, 0.2) is 0 Å². The number of carbonyl (C=O) groups excluding carboxylic acids is 1. The third-order valence-corrected chi connectivity index (χ3v) is 3.22. The van der Waals surface area contributed by atoms with Crippen LogP contribution in [0.3, 0.4) is 0 Å². The van der Waals surface area contributed by atoms with Gasteiger partial charge in [-0.2, -0.15) is 0 Å². The highest BCUT2D eigenvalue weighted by molar-refractivity contribution is 6.35. The van der Waals surface area contributed by atoms with Crippen LogP contribution < -0.4 is 5.32 Å². The van der Waals surface area contributed by atoms with E-state index >= 15 is 0 Å². The first-order valence-corrected chi connectivity index (χ1v) is 6.12. The zero-order valence-electron chi connectivity index (χ0n) is 10.1. The Morgan fingerprint density at radius 2 is 2.41 bits per heavy atom. The Bertz CT molecular complexity index is 328. The second-order valence-electron chi connectivity index (χ2n) is 4.11. The lowest BCUT2D eigenvalue weighted by molar-refractivity contribution is -0.117. The maximum absolute atomic E-state index is 11.6. The van der Waals surface area contributed by atoms with Gasteiger partial charge in [-0.25, -0.2) is 0 Å². The van der Waals surface area contributed by atoms with Gasteiger partial charge in [-0.3, -0.25) is 9.69 Å². The fraction of sp³-hybridized carbons (Fsp3) is 0.583. The van der Waals surface area contributed by atoms with Crippen molar-refractivity contribution in [2.75, 3.05) is 26.2 Å². The van der Waals surface area contributed by atoms with Gasteiger partial charge in [0, 0.05) is 31.2 Å². The lowest BCUT2D eigenvalue weighted by Crippen LogP contribution is -2.34. The molecule has 1 rings (SSSR count). The number of amides is 1. The van der Waals surface area contributed by atoms with Gasteiger partial charge in [-0.1, -0.05) is 24.3 Å². The third-order valence-electron chi connectivity index (χ3n) is 2.78. The zero-order valence-corrected chi connectivity index (χ0v) is 10.8. The number of aliphatic hydroxyl groups is 1. The number of allylic oxidation sites excluding steroid dienone is 1. The number of nitrogens with zero attached hydrogens (tertiary/aromatic N) is 1. The molecule has 1 unspecified atom stereocenters. The van der Waals surface area contributed by atoms with Crippen LogP contribution in [0.25, 0.3) is 0 Å². The van der Waals surface area contributed by atoms with Crippen molar-refractivity contribution in [2.24, 2.45) is 0 Å². The summed E-state index contributed by atoms with van der Waals surface area (Å²) in [4.78, 5) is 13.7. The molecule has 0 aromatic carbocycles. The summed E-state index contributed by atoms with van der Waals surface area (Å²) >= 11 is 5.79. The molecule has 0 saturated carbocycles. The van der Waals surface area contributed by atoms with Crippen molar-refractivity contribution in [2.45, 2.75) is 19.4 Å². The van der Waals surface area contributed by atoms with E-state index in [1.165, 1.54) is 0 Å². The van der Waals surface area contributed by atoms with Crippen molar-refractivity contribution in [1.29, 1.82) is 0 Å². The van der Waals surface area contributed by atoms with Gasteiger partial charge in [-0.15, -0.1) is 0 Å². The quantitative estimate of drug-likeness (QED) is 0.568. The van der Waals surface area contributed by atoms with Gasteiger partial charge in [0.25, 0.3) is 5.91 Å². The summed E-state index contributed by atoms with van der Waals surface area (Å²) in [6, 6.07) is 0. The van der Waals surface area contributed by atoms with Crippen LogP contribution in [-0.2, 0) is 4.79 Å². The van der Waals surface area contributed by atoms with Gasteiger partial charge >= 0.3 is 0 Å². The van der Waals surface area contributed by atoms with Gasteiger partial charge in [0.05, 0.1) is 11.7 Å². The van der Waals surface area contributed by atoms with Crippen LogP contribution in [0.15, 0.2) is 23.3 Å². The van der Waals surface area contributed by atoms with E-state index in [-0.39, 0.29) is 17.6 Å². The fourth-order valence-corrected chi connectivity index (χ4v) is 1.82. The molecule has 0 aromatic heterocycles. The zero-order chi connectivity index (χ0) is 12.8. The number of hydrogen-bond acceptors (Lipinski definition) is 3. The van der Waals surface area contributed by atoms with Crippen molar-refractivity contribution >= 4 is 17.5 Å². The largest absolute Gasteiger partial charge is 0.392 e. The first kappa shape index (κ1) is 14.2. The Morgan fingerprint density at radius 3 is 2.94 bits per heavy atom. The number of likely N-dealkylation sites (tertiary alicyclic amines) is 1. The summed E-state index contributed by atoms with van der Waals surface area (Å²) in [6.45, 7) is 8.23. The van der Waals surface area contributed by atoms with Gasteiger partial charge in [0.1, 0.15) is 0 Å². The van der Waals surface area contributed by atoms with Gasteiger partial charge in [0.2, 0.25) is 0 Å². The second kappa shape index (κ2) is 6.79. The SMILES string of the molecule is C=C(C(=O)NCCN1CCC(O)C1)C(Cl)=CC. The smallest absolute Gasteiger partial charge is 0.252 e. The van der Waals surface area contributed by atoms with Gasteiger partial charge in [-0.05, 0) is 13.3 Å². The molecule has 1 heterocycles. The first-order valence-electron chi connectivity index (χ1n) is 5.74. The number of β-amino-alcohol motifs (C(OH)–C–C–N with tert-alkyl or cyclic N) is 1. The molecule has 17 heavy (non-hydrogen) atoms. The number of carbonyl (C=O) groups is 1. The van der Waals surface area contributed by atoms with Gasteiger partial charge < -0.3 is 10.4 Å². The maximum Gasteiger partial charge on any atom is 0.252 e. The summed E-state index contributed by atoms with van der Waals surface area (Å²) in [5.41, 5.74) is 0.288. The third kappa shape index (κ3) is 4.50. The van der Waals surface area contributed by atoms with Crippen LogP contribution in [0, 0.1) is 0 Å². The van der Waals surface area contributed by atoms with Crippen molar-refractivity contribution in [3.8, 4) is 0 Å². The van der Waals surface area contributed by atoms with Crippen molar-refractivity contribution < 1.29 is 9.90 Å². The monoisotopic (exact) mass is 258 g/mol. The molecule has 0 radical (unpaired) electrons.